The highest BCUT2D eigenvalue weighted by atomic mass is 19.1. The van der Waals surface area contributed by atoms with Crippen LogP contribution in [-0.2, 0) is 17.6 Å². The molecule has 1 heterocycles. The molecule has 0 unspecified atom stereocenters. The summed E-state index contributed by atoms with van der Waals surface area (Å²) in [7, 11) is 0. The van der Waals surface area contributed by atoms with Crippen LogP contribution in [0.5, 0.6) is 5.75 Å². The van der Waals surface area contributed by atoms with Crippen LogP contribution < -0.4 is 15.4 Å². The van der Waals surface area contributed by atoms with Gasteiger partial charge in [-0.25, -0.2) is 9.07 Å². The minimum absolute atomic E-state index is 0.0112. The Bertz CT molecular complexity index is 1110. The minimum atomic E-state index is -0.319. The quantitative estimate of drug-likeness (QED) is 0.497. The van der Waals surface area contributed by atoms with Gasteiger partial charge >= 0.3 is 0 Å². The van der Waals surface area contributed by atoms with Crippen LogP contribution in [0.4, 0.5) is 4.39 Å². The Hall–Kier alpha value is -3.68. The van der Waals surface area contributed by atoms with Crippen molar-refractivity contribution in [2.24, 2.45) is 0 Å². The van der Waals surface area contributed by atoms with Crippen molar-refractivity contribution in [3.05, 3.63) is 77.4 Å². The molecule has 1 aromatic heterocycles. The van der Waals surface area contributed by atoms with Crippen molar-refractivity contribution in [1.29, 1.82) is 0 Å². The second-order valence-electron chi connectivity index (χ2n) is 8.03. The molecule has 2 aromatic carbocycles. The number of halogens is 1. The third-order valence-corrected chi connectivity index (χ3v) is 5.45. The summed E-state index contributed by atoms with van der Waals surface area (Å²) in [6, 6.07) is 13.8. The van der Waals surface area contributed by atoms with Crippen molar-refractivity contribution < 1.29 is 18.7 Å². The molecule has 33 heavy (non-hydrogen) atoms. The van der Waals surface area contributed by atoms with E-state index in [0.29, 0.717) is 42.4 Å². The standard InChI is InChI=1S/C25H27FN4O3/c1-2-23-22(15-28-30(23)20-9-5-18(26)6-10-20)25(32)27-14-13-17-3-11-21(12-4-17)33-16-24(31)29-19-7-8-19/h3-6,9-12,15,19H,2,7-8,13-14,16H2,1H3,(H,27,32)(H,29,31). The number of carbonyl (C=O) groups is 2. The molecule has 1 saturated carbocycles. The van der Waals surface area contributed by atoms with E-state index in [9.17, 15) is 14.0 Å². The third-order valence-electron chi connectivity index (χ3n) is 5.45. The van der Waals surface area contributed by atoms with Crippen molar-refractivity contribution >= 4 is 11.8 Å². The van der Waals surface area contributed by atoms with Crippen LogP contribution in [0.1, 0.15) is 41.4 Å². The lowest BCUT2D eigenvalue weighted by Crippen LogP contribution is -2.30. The fraction of sp³-hybridized carbons (Fsp3) is 0.320. The monoisotopic (exact) mass is 450 g/mol. The highest BCUT2D eigenvalue weighted by Crippen LogP contribution is 2.19. The summed E-state index contributed by atoms with van der Waals surface area (Å²) in [4.78, 5) is 24.4. The number of rotatable bonds is 10. The van der Waals surface area contributed by atoms with Crippen molar-refractivity contribution in [3.63, 3.8) is 0 Å². The van der Waals surface area contributed by atoms with Gasteiger partial charge in [-0.15, -0.1) is 0 Å². The summed E-state index contributed by atoms with van der Waals surface area (Å²) >= 11 is 0. The predicted octanol–water partition coefficient (Wildman–Crippen LogP) is 3.20. The zero-order valence-electron chi connectivity index (χ0n) is 18.5. The smallest absolute Gasteiger partial charge is 0.258 e. The molecular formula is C25H27FN4O3. The first-order valence-electron chi connectivity index (χ1n) is 11.2. The van der Waals surface area contributed by atoms with Crippen LogP contribution >= 0.6 is 0 Å². The molecule has 2 N–H and O–H groups in total. The fourth-order valence-corrected chi connectivity index (χ4v) is 3.52. The molecule has 0 aliphatic heterocycles. The number of hydrogen-bond acceptors (Lipinski definition) is 4. The molecule has 1 fully saturated rings. The number of aromatic nitrogens is 2. The molecule has 7 nitrogen and oxygen atoms in total. The molecule has 1 aliphatic rings. The van der Waals surface area contributed by atoms with E-state index in [1.165, 1.54) is 12.1 Å². The Labute approximate surface area is 191 Å². The highest BCUT2D eigenvalue weighted by molar-refractivity contribution is 5.95. The van der Waals surface area contributed by atoms with Crippen LogP contribution in [0.3, 0.4) is 0 Å². The lowest BCUT2D eigenvalue weighted by Gasteiger charge is -2.09. The number of nitrogens with zero attached hydrogens (tertiary/aromatic N) is 2. The van der Waals surface area contributed by atoms with E-state index in [1.54, 1.807) is 23.0 Å². The van der Waals surface area contributed by atoms with Crippen molar-refractivity contribution in [1.82, 2.24) is 20.4 Å². The normalized spacial score (nSPS) is 12.9. The van der Waals surface area contributed by atoms with Crippen molar-refractivity contribution in [3.8, 4) is 11.4 Å². The molecule has 1 aliphatic carbocycles. The summed E-state index contributed by atoms with van der Waals surface area (Å²) in [5.74, 6) is 0.0236. The number of amides is 2. The maximum Gasteiger partial charge on any atom is 0.258 e. The largest absolute Gasteiger partial charge is 0.484 e. The van der Waals surface area contributed by atoms with Gasteiger partial charge in [-0.2, -0.15) is 5.10 Å². The Morgan fingerprint density at radius 3 is 2.52 bits per heavy atom. The number of nitrogens with one attached hydrogen (secondary N) is 2. The molecule has 0 atom stereocenters. The molecule has 3 aromatic rings. The van der Waals surface area contributed by atoms with Crippen LogP contribution in [0.15, 0.2) is 54.7 Å². The minimum Gasteiger partial charge on any atom is -0.484 e. The van der Waals surface area contributed by atoms with E-state index in [2.05, 4.69) is 15.7 Å². The van der Waals surface area contributed by atoms with Gasteiger partial charge in [0.2, 0.25) is 0 Å². The summed E-state index contributed by atoms with van der Waals surface area (Å²) in [6.45, 7) is 2.43. The molecule has 172 valence electrons. The van der Waals surface area contributed by atoms with Gasteiger partial charge in [0.15, 0.2) is 6.61 Å². The first-order chi connectivity index (χ1) is 16.0. The van der Waals surface area contributed by atoms with E-state index in [0.717, 1.165) is 24.1 Å². The lowest BCUT2D eigenvalue weighted by molar-refractivity contribution is -0.123. The molecule has 0 saturated heterocycles. The van der Waals surface area contributed by atoms with Crippen molar-refractivity contribution in [2.75, 3.05) is 13.2 Å². The third kappa shape index (κ3) is 5.97. The topological polar surface area (TPSA) is 85.2 Å². The summed E-state index contributed by atoms with van der Waals surface area (Å²) in [6.07, 6.45) is 4.91. The van der Waals surface area contributed by atoms with Crippen LogP contribution in [-0.4, -0.2) is 40.8 Å². The molecule has 0 radical (unpaired) electrons. The van der Waals surface area contributed by atoms with Gasteiger partial charge in [0, 0.05) is 12.6 Å². The second-order valence-corrected chi connectivity index (χ2v) is 8.03. The number of carbonyl (C=O) groups excluding carboxylic acids is 2. The average molecular weight is 451 g/mol. The predicted molar refractivity (Wildman–Crippen MR) is 122 cm³/mol. The number of ether oxygens (including phenoxy) is 1. The molecular weight excluding hydrogens is 423 g/mol. The lowest BCUT2D eigenvalue weighted by atomic mass is 10.1. The Morgan fingerprint density at radius 1 is 1.12 bits per heavy atom. The van der Waals surface area contributed by atoms with Gasteiger partial charge in [0.25, 0.3) is 11.8 Å². The van der Waals surface area contributed by atoms with Gasteiger partial charge in [0.1, 0.15) is 11.6 Å². The SMILES string of the molecule is CCc1c(C(=O)NCCc2ccc(OCC(=O)NC3CC3)cc2)cnn1-c1ccc(F)cc1. The van der Waals surface area contributed by atoms with Crippen LogP contribution in [0.25, 0.3) is 5.69 Å². The van der Waals surface area contributed by atoms with E-state index >= 15 is 0 Å². The van der Waals surface area contributed by atoms with Gasteiger partial charge in [-0.3, -0.25) is 9.59 Å². The van der Waals surface area contributed by atoms with Crippen molar-refractivity contribution in [2.45, 2.75) is 38.6 Å². The van der Waals surface area contributed by atoms with Gasteiger partial charge in [-0.05, 0) is 67.6 Å². The molecule has 8 heteroatoms. The average Bonchev–Trinajstić information content (AvgIpc) is 3.53. The van der Waals surface area contributed by atoms with Gasteiger partial charge in [-0.1, -0.05) is 19.1 Å². The second kappa shape index (κ2) is 10.3. The molecule has 2 amide bonds. The van der Waals surface area contributed by atoms with Gasteiger partial charge < -0.3 is 15.4 Å². The maximum absolute atomic E-state index is 13.2. The van der Waals surface area contributed by atoms with E-state index in [1.807, 2.05) is 31.2 Å². The number of hydrogen-bond donors (Lipinski definition) is 2. The van der Waals surface area contributed by atoms with E-state index < -0.39 is 0 Å². The molecule has 0 bridgehead atoms. The zero-order chi connectivity index (χ0) is 23.2. The Balaban J connectivity index is 1.27. The van der Waals surface area contributed by atoms with Crippen LogP contribution in [0, 0.1) is 5.82 Å². The first kappa shape index (κ1) is 22.5. The summed E-state index contributed by atoms with van der Waals surface area (Å²) in [5.41, 5.74) is 3.03. The Kier molecular flexibility index (Phi) is 7.02. The Morgan fingerprint density at radius 2 is 1.85 bits per heavy atom. The molecule has 0 spiro atoms. The summed E-state index contributed by atoms with van der Waals surface area (Å²) < 4.78 is 20.4. The zero-order valence-corrected chi connectivity index (χ0v) is 18.5. The van der Waals surface area contributed by atoms with E-state index in [-0.39, 0.29) is 24.2 Å². The summed E-state index contributed by atoms with van der Waals surface area (Å²) in [5, 5.41) is 10.1. The maximum atomic E-state index is 13.2. The fourth-order valence-electron chi connectivity index (χ4n) is 3.52. The van der Waals surface area contributed by atoms with Gasteiger partial charge in [0.05, 0.1) is 23.1 Å². The highest BCUT2D eigenvalue weighted by Gasteiger charge is 2.23. The first-order valence-corrected chi connectivity index (χ1v) is 11.2. The number of benzene rings is 2. The molecule has 4 rings (SSSR count). The van der Waals surface area contributed by atoms with Crippen LogP contribution in [0.2, 0.25) is 0 Å². The van der Waals surface area contributed by atoms with E-state index in [4.69, 9.17) is 4.74 Å².